The first-order chi connectivity index (χ1) is 13.0. The van der Waals surface area contributed by atoms with E-state index in [-0.39, 0.29) is 11.8 Å². The fraction of sp³-hybridized carbons (Fsp3) is 0.619. The number of amides is 2. The van der Waals surface area contributed by atoms with E-state index >= 15 is 0 Å². The third kappa shape index (κ3) is 9.26. The second kappa shape index (κ2) is 11.6. The van der Waals surface area contributed by atoms with E-state index in [9.17, 15) is 9.59 Å². The third-order valence-corrected chi connectivity index (χ3v) is 5.02. The number of nitrogens with zero attached hydrogens (tertiary/aromatic N) is 2. The Bertz CT molecular complexity index is 658. The average Bonchev–Trinajstić information content (AvgIpc) is 2.59. The molecule has 0 spiro atoms. The Kier molecular flexibility index (Phi) is 10.3. The summed E-state index contributed by atoms with van der Waals surface area (Å²) in [5.74, 6) is 0.0773. The molecule has 0 aliphatic rings. The van der Waals surface area contributed by atoms with E-state index in [1.54, 1.807) is 12.1 Å². The van der Waals surface area contributed by atoms with Crippen molar-refractivity contribution in [3.63, 3.8) is 0 Å². The Morgan fingerprint density at radius 1 is 1.04 bits per heavy atom. The van der Waals surface area contributed by atoms with E-state index in [4.69, 9.17) is 23.2 Å². The van der Waals surface area contributed by atoms with Crippen LogP contribution in [0.3, 0.4) is 0 Å². The summed E-state index contributed by atoms with van der Waals surface area (Å²) in [6.07, 6.45) is 1.90. The lowest BCUT2D eigenvalue weighted by molar-refractivity contribution is -0.132. The van der Waals surface area contributed by atoms with Crippen LogP contribution in [0.5, 0.6) is 0 Å². The molecule has 0 atom stereocenters. The Morgan fingerprint density at radius 2 is 1.71 bits per heavy atom. The van der Waals surface area contributed by atoms with Gasteiger partial charge in [-0.05, 0) is 51.2 Å². The van der Waals surface area contributed by atoms with Crippen LogP contribution in [0.4, 0.5) is 0 Å². The van der Waals surface area contributed by atoms with Gasteiger partial charge in [0, 0.05) is 31.5 Å². The Labute approximate surface area is 179 Å². The maximum atomic E-state index is 12.8. The summed E-state index contributed by atoms with van der Waals surface area (Å²) >= 11 is 12.1. The minimum Gasteiger partial charge on any atom is -0.356 e. The van der Waals surface area contributed by atoms with Crippen molar-refractivity contribution in [3.8, 4) is 0 Å². The van der Waals surface area contributed by atoms with Crippen molar-refractivity contribution >= 4 is 35.0 Å². The molecule has 7 heteroatoms. The maximum Gasteiger partial charge on any atom is 0.225 e. The number of carbonyl (C=O) groups excluding carboxylic acids is 2. The number of halogens is 2. The van der Waals surface area contributed by atoms with Crippen LogP contribution in [0.1, 0.15) is 45.6 Å². The second-order valence-corrected chi connectivity index (χ2v) is 9.14. The predicted octanol–water partition coefficient (Wildman–Crippen LogP) is 4.22. The van der Waals surface area contributed by atoms with Crippen molar-refractivity contribution in [3.05, 3.63) is 33.8 Å². The van der Waals surface area contributed by atoms with Gasteiger partial charge >= 0.3 is 0 Å². The van der Waals surface area contributed by atoms with E-state index in [0.717, 1.165) is 18.5 Å². The number of carbonyl (C=O) groups is 2. The van der Waals surface area contributed by atoms with Crippen molar-refractivity contribution in [2.45, 2.75) is 46.6 Å². The van der Waals surface area contributed by atoms with Gasteiger partial charge in [0.15, 0.2) is 0 Å². The normalized spacial score (nSPS) is 11.6. The lowest BCUT2D eigenvalue weighted by Crippen LogP contribution is -2.36. The van der Waals surface area contributed by atoms with E-state index in [1.165, 1.54) is 0 Å². The fourth-order valence-electron chi connectivity index (χ4n) is 2.59. The highest BCUT2D eigenvalue weighted by Gasteiger charge is 2.20. The second-order valence-electron chi connectivity index (χ2n) is 8.33. The van der Waals surface area contributed by atoms with Crippen LogP contribution in [0, 0.1) is 5.41 Å². The van der Waals surface area contributed by atoms with Crippen molar-refractivity contribution in [2.75, 3.05) is 33.7 Å². The predicted molar refractivity (Wildman–Crippen MR) is 117 cm³/mol. The molecule has 1 aromatic rings. The molecule has 28 heavy (non-hydrogen) atoms. The molecule has 1 rings (SSSR count). The SMILES string of the molecule is CN(C)CCCN(Cc1ccc(Cl)c(Cl)c1)C(=O)CCCNC(=O)C(C)(C)C. The van der Waals surface area contributed by atoms with Gasteiger partial charge in [0.25, 0.3) is 0 Å². The van der Waals surface area contributed by atoms with Crippen molar-refractivity contribution in [2.24, 2.45) is 5.41 Å². The van der Waals surface area contributed by atoms with Crippen LogP contribution in [0.25, 0.3) is 0 Å². The summed E-state index contributed by atoms with van der Waals surface area (Å²) in [4.78, 5) is 28.6. The highest BCUT2D eigenvalue weighted by Crippen LogP contribution is 2.23. The topological polar surface area (TPSA) is 52.6 Å². The lowest BCUT2D eigenvalue weighted by atomic mass is 9.96. The number of nitrogens with one attached hydrogen (secondary N) is 1. The summed E-state index contributed by atoms with van der Waals surface area (Å²) in [5, 5.41) is 3.89. The Hall–Kier alpha value is -1.30. The smallest absolute Gasteiger partial charge is 0.225 e. The molecular weight excluding hydrogens is 397 g/mol. The van der Waals surface area contributed by atoms with Gasteiger partial charge in [-0.1, -0.05) is 50.0 Å². The molecule has 0 aromatic heterocycles. The summed E-state index contributed by atoms with van der Waals surface area (Å²) in [6, 6.07) is 5.45. The van der Waals surface area contributed by atoms with Gasteiger partial charge in [-0.2, -0.15) is 0 Å². The third-order valence-electron chi connectivity index (χ3n) is 4.28. The molecule has 0 heterocycles. The van der Waals surface area contributed by atoms with Crippen molar-refractivity contribution < 1.29 is 9.59 Å². The van der Waals surface area contributed by atoms with Crippen LogP contribution in [0.2, 0.25) is 10.0 Å². The van der Waals surface area contributed by atoms with Crippen LogP contribution >= 0.6 is 23.2 Å². The minimum absolute atomic E-state index is 0.00130. The molecule has 2 amide bonds. The van der Waals surface area contributed by atoms with Crippen LogP contribution in [0.15, 0.2) is 18.2 Å². The van der Waals surface area contributed by atoms with Gasteiger partial charge < -0.3 is 15.1 Å². The molecule has 0 saturated carbocycles. The van der Waals surface area contributed by atoms with Gasteiger partial charge in [-0.3, -0.25) is 9.59 Å². The van der Waals surface area contributed by atoms with Crippen molar-refractivity contribution in [1.29, 1.82) is 0 Å². The first-order valence-electron chi connectivity index (χ1n) is 9.65. The van der Waals surface area contributed by atoms with E-state index in [1.807, 2.05) is 45.8 Å². The van der Waals surface area contributed by atoms with E-state index in [2.05, 4.69) is 10.2 Å². The largest absolute Gasteiger partial charge is 0.356 e. The maximum absolute atomic E-state index is 12.8. The Morgan fingerprint density at radius 3 is 2.29 bits per heavy atom. The minimum atomic E-state index is -0.421. The molecule has 0 fully saturated rings. The highest BCUT2D eigenvalue weighted by molar-refractivity contribution is 6.42. The number of hydrogen-bond donors (Lipinski definition) is 1. The van der Waals surface area contributed by atoms with Crippen molar-refractivity contribution in [1.82, 2.24) is 15.1 Å². The molecule has 0 radical (unpaired) electrons. The summed E-state index contributed by atoms with van der Waals surface area (Å²) in [5.41, 5.74) is 0.532. The Balaban J connectivity index is 2.63. The van der Waals surface area contributed by atoms with E-state index in [0.29, 0.717) is 42.5 Å². The monoisotopic (exact) mass is 429 g/mol. The zero-order chi connectivity index (χ0) is 21.3. The van der Waals surface area contributed by atoms with Gasteiger partial charge in [-0.25, -0.2) is 0 Å². The molecule has 1 aromatic carbocycles. The van der Waals surface area contributed by atoms with Crippen LogP contribution in [-0.2, 0) is 16.1 Å². The molecule has 0 aliphatic carbocycles. The van der Waals surface area contributed by atoms with Crippen LogP contribution < -0.4 is 5.32 Å². The van der Waals surface area contributed by atoms with Crippen LogP contribution in [-0.4, -0.2) is 55.3 Å². The molecule has 0 saturated heterocycles. The number of rotatable bonds is 10. The van der Waals surface area contributed by atoms with Gasteiger partial charge in [-0.15, -0.1) is 0 Å². The molecule has 158 valence electrons. The highest BCUT2D eigenvalue weighted by atomic mass is 35.5. The first kappa shape index (κ1) is 24.7. The number of benzene rings is 1. The molecule has 1 N–H and O–H groups in total. The standard InChI is InChI=1S/C21H33Cl2N3O2/c1-21(2,3)20(28)24-11-6-8-19(27)26(13-7-12-25(4)5)15-16-9-10-17(22)18(23)14-16/h9-10,14H,6-8,11-13,15H2,1-5H3,(H,24,28). The van der Waals surface area contributed by atoms with Gasteiger partial charge in [0.2, 0.25) is 11.8 Å². The lowest BCUT2D eigenvalue weighted by Gasteiger charge is -2.24. The average molecular weight is 430 g/mol. The zero-order valence-electron chi connectivity index (χ0n) is 17.6. The zero-order valence-corrected chi connectivity index (χ0v) is 19.2. The number of hydrogen-bond acceptors (Lipinski definition) is 3. The summed E-state index contributed by atoms with van der Waals surface area (Å²) < 4.78 is 0. The molecular formula is C21H33Cl2N3O2. The van der Waals surface area contributed by atoms with E-state index < -0.39 is 5.41 Å². The van der Waals surface area contributed by atoms with Gasteiger partial charge in [0.05, 0.1) is 10.0 Å². The molecule has 0 unspecified atom stereocenters. The first-order valence-corrected chi connectivity index (χ1v) is 10.4. The molecule has 0 aliphatic heterocycles. The van der Waals surface area contributed by atoms with Gasteiger partial charge in [0.1, 0.15) is 0 Å². The molecule has 0 bridgehead atoms. The summed E-state index contributed by atoms with van der Waals surface area (Å²) in [7, 11) is 4.03. The fourth-order valence-corrected chi connectivity index (χ4v) is 2.91. The summed E-state index contributed by atoms with van der Waals surface area (Å²) in [6.45, 7) is 8.20. The molecule has 5 nitrogen and oxygen atoms in total. The quantitative estimate of drug-likeness (QED) is 0.566.